The molecule has 0 aromatic rings. The van der Waals surface area contributed by atoms with Gasteiger partial charge in [0.25, 0.3) is 0 Å². The fourth-order valence-electron chi connectivity index (χ4n) is 1.38. The lowest BCUT2D eigenvalue weighted by Gasteiger charge is -2.22. The van der Waals surface area contributed by atoms with E-state index >= 15 is 0 Å². The molecule has 0 amide bonds. The van der Waals surface area contributed by atoms with Gasteiger partial charge in [-0.2, -0.15) is 0 Å². The molecule has 1 aliphatic heterocycles. The highest BCUT2D eigenvalue weighted by Gasteiger charge is 2.27. The summed E-state index contributed by atoms with van der Waals surface area (Å²) in [6.45, 7) is 7.45. The maximum atomic E-state index is 8.82. The van der Waals surface area contributed by atoms with Crippen LogP contribution in [0, 0.1) is 5.41 Å². The van der Waals surface area contributed by atoms with E-state index in [9.17, 15) is 0 Å². The molecule has 0 bridgehead atoms. The van der Waals surface area contributed by atoms with E-state index < -0.39 is 0 Å². The number of rotatable bonds is 2. The molecule has 1 rings (SSSR count). The van der Waals surface area contributed by atoms with Crippen LogP contribution in [0.4, 0.5) is 0 Å². The molecular weight excluding hydrogens is 154 g/mol. The Morgan fingerprint density at radius 3 is 2.58 bits per heavy atom. The topological polar surface area (TPSA) is 41.5 Å². The van der Waals surface area contributed by atoms with E-state index in [0.717, 1.165) is 13.0 Å². The zero-order valence-electron chi connectivity index (χ0n) is 8.13. The SMILES string of the molecule is CC(C)(C)CC1NCC(CO)O1. The number of aliphatic hydroxyl groups is 1. The summed E-state index contributed by atoms with van der Waals surface area (Å²) in [5, 5.41) is 12.0. The van der Waals surface area contributed by atoms with E-state index in [0.29, 0.717) is 0 Å². The first-order valence-electron chi connectivity index (χ1n) is 4.51. The molecule has 72 valence electrons. The lowest BCUT2D eigenvalue weighted by molar-refractivity contribution is -0.00646. The predicted molar refractivity (Wildman–Crippen MR) is 47.8 cm³/mol. The molecule has 3 heteroatoms. The minimum atomic E-state index is -0.00245. The van der Waals surface area contributed by atoms with E-state index in [1.807, 2.05) is 0 Å². The van der Waals surface area contributed by atoms with Crippen LogP contribution in [0.15, 0.2) is 0 Å². The zero-order valence-corrected chi connectivity index (χ0v) is 8.13. The summed E-state index contributed by atoms with van der Waals surface area (Å²) < 4.78 is 5.53. The summed E-state index contributed by atoms with van der Waals surface area (Å²) in [5.41, 5.74) is 0.280. The highest BCUT2D eigenvalue weighted by molar-refractivity contribution is 4.76. The second-order valence-electron chi connectivity index (χ2n) is 4.60. The molecule has 12 heavy (non-hydrogen) atoms. The fraction of sp³-hybridized carbons (Fsp3) is 1.00. The van der Waals surface area contributed by atoms with Crippen molar-refractivity contribution in [2.45, 2.75) is 39.5 Å². The maximum absolute atomic E-state index is 8.82. The normalized spacial score (nSPS) is 31.0. The molecule has 0 saturated carbocycles. The van der Waals surface area contributed by atoms with E-state index in [-0.39, 0.29) is 24.4 Å². The molecule has 0 aromatic carbocycles. The fourth-order valence-corrected chi connectivity index (χ4v) is 1.38. The Kier molecular flexibility index (Phi) is 3.09. The van der Waals surface area contributed by atoms with Gasteiger partial charge < -0.3 is 9.84 Å². The molecule has 1 fully saturated rings. The molecule has 2 N–H and O–H groups in total. The number of nitrogens with one attached hydrogen (secondary N) is 1. The Morgan fingerprint density at radius 2 is 2.17 bits per heavy atom. The lowest BCUT2D eigenvalue weighted by Crippen LogP contribution is -2.27. The highest BCUT2D eigenvalue weighted by atomic mass is 16.5. The van der Waals surface area contributed by atoms with Gasteiger partial charge in [0, 0.05) is 6.54 Å². The molecule has 2 unspecified atom stereocenters. The third kappa shape index (κ3) is 3.09. The van der Waals surface area contributed by atoms with E-state index in [2.05, 4.69) is 26.1 Å². The molecule has 0 radical (unpaired) electrons. The Hall–Kier alpha value is -0.120. The van der Waals surface area contributed by atoms with Crippen molar-refractivity contribution in [3.05, 3.63) is 0 Å². The van der Waals surface area contributed by atoms with Crippen LogP contribution in [0.2, 0.25) is 0 Å². The van der Waals surface area contributed by atoms with Gasteiger partial charge in [-0.25, -0.2) is 0 Å². The number of aliphatic hydroxyl groups excluding tert-OH is 1. The summed E-state index contributed by atoms with van der Waals surface area (Å²) in [4.78, 5) is 0. The van der Waals surface area contributed by atoms with Gasteiger partial charge in [0.1, 0.15) is 6.23 Å². The second-order valence-corrected chi connectivity index (χ2v) is 4.60. The molecular formula is C9H19NO2. The van der Waals surface area contributed by atoms with Crippen LogP contribution in [0.1, 0.15) is 27.2 Å². The third-order valence-electron chi connectivity index (χ3n) is 1.93. The van der Waals surface area contributed by atoms with Crippen molar-refractivity contribution in [1.82, 2.24) is 5.32 Å². The van der Waals surface area contributed by atoms with Crippen LogP contribution in [0.25, 0.3) is 0 Å². The quantitative estimate of drug-likeness (QED) is 0.647. The first kappa shape index (κ1) is 9.96. The third-order valence-corrected chi connectivity index (χ3v) is 1.93. The van der Waals surface area contributed by atoms with E-state index in [4.69, 9.17) is 9.84 Å². The first-order chi connectivity index (χ1) is 5.51. The van der Waals surface area contributed by atoms with Crippen molar-refractivity contribution in [3.8, 4) is 0 Å². The van der Waals surface area contributed by atoms with Gasteiger partial charge in [0.05, 0.1) is 12.7 Å². The van der Waals surface area contributed by atoms with Crippen molar-refractivity contribution < 1.29 is 9.84 Å². The van der Waals surface area contributed by atoms with Crippen molar-refractivity contribution in [3.63, 3.8) is 0 Å². The second kappa shape index (κ2) is 3.73. The standard InChI is InChI=1S/C9H19NO2/c1-9(2,3)4-8-10-5-7(6-11)12-8/h7-8,10-11H,4-6H2,1-3H3. The monoisotopic (exact) mass is 173 g/mol. The van der Waals surface area contributed by atoms with Crippen LogP contribution >= 0.6 is 0 Å². The Balaban J connectivity index is 2.28. The smallest absolute Gasteiger partial charge is 0.109 e. The maximum Gasteiger partial charge on any atom is 0.109 e. The lowest BCUT2D eigenvalue weighted by atomic mass is 9.91. The van der Waals surface area contributed by atoms with E-state index in [1.54, 1.807) is 0 Å². The summed E-state index contributed by atoms with van der Waals surface area (Å²) in [7, 11) is 0. The average Bonchev–Trinajstić information content (AvgIpc) is 2.32. The largest absolute Gasteiger partial charge is 0.394 e. The predicted octanol–water partition coefficient (Wildman–Crippen LogP) is 0.729. The van der Waals surface area contributed by atoms with E-state index in [1.165, 1.54) is 0 Å². The Morgan fingerprint density at radius 1 is 1.50 bits per heavy atom. The molecule has 0 aliphatic carbocycles. The minimum absolute atomic E-state index is 0.00245. The number of hydrogen-bond acceptors (Lipinski definition) is 3. The van der Waals surface area contributed by atoms with Crippen molar-refractivity contribution >= 4 is 0 Å². The van der Waals surface area contributed by atoms with Crippen molar-refractivity contribution in [2.75, 3.05) is 13.2 Å². The molecule has 0 spiro atoms. The summed E-state index contributed by atoms with van der Waals surface area (Å²) >= 11 is 0. The van der Waals surface area contributed by atoms with Crippen LogP contribution in [-0.4, -0.2) is 30.6 Å². The Bertz CT molecular complexity index is 142. The van der Waals surface area contributed by atoms with Gasteiger partial charge in [-0.3, -0.25) is 5.32 Å². The summed E-state index contributed by atoms with van der Waals surface area (Å²) in [6, 6.07) is 0. The van der Waals surface area contributed by atoms with Gasteiger partial charge in [0.2, 0.25) is 0 Å². The summed E-state index contributed by atoms with van der Waals surface area (Å²) in [6.07, 6.45) is 1.11. The molecule has 1 aliphatic rings. The van der Waals surface area contributed by atoms with Crippen LogP contribution in [0.5, 0.6) is 0 Å². The molecule has 1 heterocycles. The Labute approximate surface area is 74.1 Å². The molecule has 3 nitrogen and oxygen atoms in total. The van der Waals surface area contributed by atoms with Crippen molar-refractivity contribution in [2.24, 2.45) is 5.41 Å². The van der Waals surface area contributed by atoms with Crippen LogP contribution in [-0.2, 0) is 4.74 Å². The van der Waals surface area contributed by atoms with Gasteiger partial charge in [0.15, 0.2) is 0 Å². The first-order valence-corrected chi connectivity index (χ1v) is 4.51. The van der Waals surface area contributed by atoms with Gasteiger partial charge >= 0.3 is 0 Å². The molecule has 2 atom stereocenters. The van der Waals surface area contributed by atoms with Crippen LogP contribution in [0.3, 0.4) is 0 Å². The van der Waals surface area contributed by atoms with Crippen molar-refractivity contribution in [1.29, 1.82) is 0 Å². The van der Waals surface area contributed by atoms with Crippen LogP contribution < -0.4 is 5.32 Å². The molecule has 1 saturated heterocycles. The average molecular weight is 173 g/mol. The summed E-state index contributed by atoms with van der Waals surface area (Å²) in [5.74, 6) is 0. The zero-order chi connectivity index (χ0) is 9.19. The van der Waals surface area contributed by atoms with Gasteiger partial charge in [-0.15, -0.1) is 0 Å². The number of ether oxygens (including phenoxy) is 1. The molecule has 0 aromatic heterocycles. The highest BCUT2D eigenvalue weighted by Crippen LogP contribution is 2.23. The van der Waals surface area contributed by atoms with Gasteiger partial charge in [-0.05, 0) is 11.8 Å². The van der Waals surface area contributed by atoms with Gasteiger partial charge in [-0.1, -0.05) is 20.8 Å². The minimum Gasteiger partial charge on any atom is -0.394 e. The number of hydrogen-bond donors (Lipinski definition) is 2.